The number of thioether (sulfide) groups is 1. The molecular weight excluding hydrogens is 423 g/mol. The standard InChI is InChI=1S/C20H17ClF3N3OS/c21-12-2-4-15(26-8-12)16(28)6-11-1-3-14(24)13(5-11)20(10-23)17-7-19(17,9-22)29-18(25)27-20/h1-5,8,17H,6-7,9-10H2,(H2,25,27)/t17-,19-,20-/m1/s1. The molecule has 1 saturated carbocycles. The van der Waals surface area contributed by atoms with Crippen molar-refractivity contribution in [3.63, 3.8) is 0 Å². The maximum atomic E-state index is 14.7. The Morgan fingerprint density at radius 2 is 2.07 bits per heavy atom. The van der Waals surface area contributed by atoms with E-state index in [4.69, 9.17) is 17.3 Å². The fourth-order valence-electron chi connectivity index (χ4n) is 3.96. The van der Waals surface area contributed by atoms with Crippen LogP contribution < -0.4 is 5.73 Å². The number of rotatable bonds is 6. The average Bonchev–Trinajstić information content (AvgIpc) is 3.44. The average molecular weight is 440 g/mol. The summed E-state index contributed by atoms with van der Waals surface area (Å²) in [6.07, 6.45) is 1.67. The maximum absolute atomic E-state index is 14.7. The summed E-state index contributed by atoms with van der Waals surface area (Å²) in [5.41, 5.74) is 4.96. The summed E-state index contributed by atoms with van der Waals surface area (Å²) in [6.45, 7) is -1.70. The highest BCUT2D eigenvalue weighted by molar-refractivity contribution is 8.15. The Hall–Kier alpha value is -2.06. The smallest absolute Gasteiger partial charge is 0.185 e. The molecule has 152 valence electrons. The third kappa shape index (κ3) is 3.42. The minimum Gasteiger partial charge on any atom is -0.378 e. The molecule has 1 aliphatic carbocycles. The van der Waals surface area contributed by atoms with Gasteiger partial charge in [0.15, 0.2) is 11.0 Å². The number of fused-ring (bicyclic) bond motifs is 1. The Kier molecular flexibility index (Phi) is 5.11. The zero-order chi connectivity index (χ0) is 20.8. The molecule has 0 unspecified atom stereocenters. The zero-order valence-corrected chi connectivity index (χ0v) is 16.7. The number of ketones is 1. The number of alkyl halides is 2. The second-order valence-electron chi connectivity index (χ2n) is 7.34. The van der Waals surface area contributed by atoms with Crippen LogP contribution in [0.15, 0.2) is 41.5 Å². The Labute approximate surface area is 174 Å². The molecule has 1 aliphatic heterocycles. The lowest BCUT2D eigenvalue weighted by molar-refractivity contribution is 0.0988. The number of carbonyl (C=O) groups excluding carboxylic acids is 1. The highest BCUT2D eigenvalue weighted by Gasteiger charge is 2.68. The van der Waals surface area contributed by atoms with Gasteiger partial charge in [0.1, 0.15) is 30.4 Å². The van der Waals surface area contributed by atoms with Crippen LogP contribution in [-0.4, -0.2) is 34.0 Å². The van der Waals surface area contributed by atoms with E-state index in [1.165, 1.54) is 30.5 Å². The number of hydrogen-bond acceptors (Lipinski definition) is 5. The van der Waals surface area contributed by atoms with Crippen molar-refractivity contribution < 1.29 is 18.0 Å². The molecule has 1 aromatic carbocycles. The molecule has 3 atom stereocenters. The summed E-state index contributed by atoms with van der Waals surface area (Å²) >= 11 is 6.87. The van der Waals surface area contributed by atoms with Gasteiger partial charge in [-0.05, 0) is 36.2 Å². The van der Waals surface area contributed by atoms with Crippen molar-refractivity contribution in [1.29, 1.82) is 0 Å². The van der Waals surface area contributed by atoms with Gasteiger partial charge in [-0.2, -0.15) is 0 Å². The number of nitrogens with two attached hydrogens (primary N) is 1. The summed E-state index contributed by atoms with van der Waals surface area (Å²) in [7, 11) is 0. The van der Waals surface area contributed by atoms with Gasteiger partial charge in [-0.1, -0.05) is 29.4 Å². The highest BCUT2D eigenvalue weighted by Crippen LogP contribution is 2.66. The van der Waals surface area contributed by atoms with Crippen molar-refractivity contribution in [2.24, 2.45) is 16.6 Å². The summed E-state index contributed by atoms with van der Waals surface area (Å²) in [5, 5.41) is 0.446. The van der Waals surface area contributed by atoms with Crippen LogP contribution in [0.3, 0.4) is 0 Å². The predicted octanol–water partition coefficient (Wildman–Crippen LogP) is 4.25. The minimum absolute atomic E-state index is 0.00191. The molecular formula is C20H17ClF3N3OS. The largest absolute Gasteiger partial charge is 0.378 e. The fourth-order valence-corrected chi connectivity index (χ4v) is 5.34. The molecule has 4 rings (SSSR count). The molecule has 0 bridgehead atoms. The number of nitrogens with zero attached hydrogens (tertiary/aromatic N) is 2. The molecule has 2 aliphatic rings. The number of benzene rings is 1. The van der Waals surface area contributed by atoms with Gasteiger partial charge in [0.2, 0.25) is 0 Å². The van der Waals surface area contributed by atoms with E-state index < -0.39 is 35.4 Å². The van der Waals surface area contributed by atoms with Gasteiger partial charge in [-0.3, -0.25) is 9.78 Å². The first kappa shape index (κ1) is 20.2. The van der Waals surface area contributed by atoms with Crippen molar-refractivity contribution in [2.75, 3.05) is 13.3 Å². The summed E-state index contributed by atoms with van der Waals surface area (Å²) < 4.78 is 41.8. The summed E-state index contributed by atoms with van der Waals surface area (Å²) in [5.74, 6) is -1.45. The van der Waals surface area contributed by atoms with Crippen LogP contribution in [0.1, 0.15) is 28.0 Å². The van der Waals surface area contributed by atoms with Gasteiger partial charge in [-0.25, -0.2) is 18.2 Å². The molecule has 4 nitrogen and oxygen atoms in total. The SMILES string of the molecule is NC1=N[C@](CF)(c2cc(CC(=O)c3ccc(Cl)cn3)ccc2F)[C@@H]2C[C@]2(CF)S1. The number of hydrogen-bond donors (Lipinski definition) is 1. The molecule has 0 saturated heterocycles. The number of Topliss-reactive ketones (excluding diaryl/α,β-unsaturated/α-hetero) is 1. The van der Waals surface area contributed by atoms with Crippen LogP contribution in [0.5, 0.6) is 0 Å². The molecule has 2 N–H and O–H groups in total. The van der Waals surface area contributed by atoms with Crippen molar-refractivity contribution in [3.05, 3.63) is 64.2 Å². The van der Waals surface area contributed by atoms with Crippen molar-refractivity contribution >= 4 is 34.3 Å². The normalized spacial score (nSPS) is 27.9. The van der Waals surface area contributed by atoms with Gasteiger partial charge >= 0.3 is 0 Å². The first-order valence-corrected chi connectivity index (χ1v) is 10.1. The fraction of sp³-hybridized carbons (Fsp3) is 0.350. The molecule has 29 heavy (non-hydrogen) atoms. The number of halogens is 4. The highest BCUT2D eigenvalue weighted by atomic mass is 35.5. The number of pyridine rings is 1. The number of aliphatic imine (C=N–C) groups is 1. The Balaban J connectivity index is 1.69. The van der Waals surface area contributed by atoms with Crippen LogP contribution in [0.25, 0.3) is 0 Å². The van der Waals surface area contributed by atoms with Crippen molar-refractivity contribution in [3.8, 4) is 0 Å². The monoisotopic (exact) mass is 439 g/mol. The molecule has 2 heterocycles. The molecule has 1 fully saturated rings. The Morgan fingerprint density at radius 1 is 1.28 bits per heavy atom. The van der Waals surface area contributed by atoms with Crippen LogP contribution in [0.4, 0.5) is 13.2 Å². The third-order valence-electron chi connectivity index (χ3n) is 5.52. The molecule has 2 aromatic rings. The van der Waals surface area contributed by atoms with Gasteiger partial charge in [0.25, 0.3) is 0 Å². The summed E-state index contributed by atoms with van der Waals surface area (Å²) in [6, 6.07) is 7.12. The van der Waals surface area contributed by atoms with Crippen molar-refractivity contribution in [1.82, 2.24) is 4.98 Å². The lowest BCUT2D eigenvalue weighted by atomic mass is 9.83. The van der Waals surface area contributed by atoms with E-state index in [0.29, 0.717) is 17.0 Å². The second-order valence-corrected chi connectivity index (χ2v) is 9.21. The summed E-state index contributed by atoms with van der Waals surface area (Å²) in [4.78, 5) is 20.7. The Morgan fingerprint density at radius 3 is 2.72 bits per heavy atom. The van der Waals surface area contributed by atoms with E-state index in [-0.39, 0.29) is 28.6 Å². The second kappa shape index (κ2) is 7.32. The van der Waals surface area contributed by atoms with E-state index in [0.717, 1.165) is 11.8 Å². The van der Waals surface area contributed by atoms with Gasteiger partial charge in [0.05, 0.1) is 9.77 Å². The lowest BCUT2D eigenvalue weighted by Gasteiger charge is -2.34. The molecule has 0 radical (unpaired) electrons. The zero-order valence-electron chi connectivity index (χ0n) is 15.2. The Bertz CT molecular complexity index is 1000. The van der Waals surface area contributed by atoms with E-state index in [2.05, 4.69) is 9.98 Å². The topological polar surface area (TPSA) is 68.3 Å². The molecule has 9 heteroatoms. The van der Waals surface area contributed by atoms with E-state index in [9.17, 15) is 18.0 Å². The number of carbonyl (C=O) groups is 1. The van der Waals surface area contributed by atoms with Gasteiger partial charge < -0.3 is 5.73 Å². The molecule has 0 amide bonds. The first-order valence-electron chi connectivity index (χ1n) is 8.93. The minimum atomic E-state index is -1.58. The predicted molar refractivity (Wildman–Crippen MR) is 107 cm³/mol. The van der Waals surface area contributed by atoms with Gasteiger partial charge in [-0.15, -0.1) is 0 Å². The van der Waals surface area contributed by atoms with Crippen LogP contribution >= 0.6 is 23.4 Å². The number of amidine groups is 1. The third-order valence-corrected chi connectivity index (χ3v) is 7.01. The van der Waals surface area contributed by atoms with E-state index in [1.54, 1.807) is 6.07 Å². The first-order chi connectivity index (χ1) is 13.8. The molecule has 1 aromatic heterocycles. The number of aromatic nitrogens is 1. The maximum Gasteiger partial charge on any atom is 0.185 e. The van der Waals surface area contributed by atoms with Crippen LogP contribution in [0, 0.1) is 11.7 Å². The lowest BCUT2D eigenvalue weighted by Crippen LogP contribution is -2.40. The van der Waals surface area contributed by atoms with Gasteiger partial charge in [0, 0.05) is 24.1 Å². The van der Waals surface area contributed by atoms with E-state index >= 15 is 0 Å². The quantitative estimate of drug-likeness (QED) is 0.683. The van der Waals surface area contributed by atoms with E-state index in [1.807, 2.05) is 0 Å². The molecule has 0 spiro atoms. The van der Waals surface area contributed by atoms with Crippen LogP contribution in [-0.2, 0) is 12.0 Å². The van der Waals surface area contributed by atoms with Crippen LogP contribution in [0.2, 0.25) is 5.02 Å². The van der Waals surface area contributed by atoms with Crippen molar-refractivity contribution in [2.45, 2.75) is 23.1 Å².